The smallest absolute Gasteiger partial charge is 0.175 e. The SMILES string of the molecule is CSc1nnc(SCc2ccccc2C#N)s1. The van der Waals surface area contributed by atoms with Crippen molar-refractivity contribution in [2.75, 3.05) is 6.26 Å². The Bertz CT molecular complexity index is 545. The van der Waals surface area contributed by atoms with E-state index in [0.717, 1.165) is 25.6 Å². The second-order valence-corrected chi connectivity index (χ2v) is 6.35. The summed E-state index contributed by atoms with van der Waals surface area (Å²) in [5.41, 5.74) is 1.77. The first-order chi connectivity index (χ1) is 8.33. The van der Waals surface area contributed by atoms with Crippen molar-refractivity contribution >= 4 is 34.9 Å². The molecule has 0 aliphatic carbocycles. The molecule has 86 valence electrons. The standard InChI is InChI=1S/C11H9N3S3/c1-15-10-13-14-11(17-10)16-7-9-5-3-2-4-8(9)6-12/h2-5H,7H2,1H3. The average Bonchev–Trinajstić information content (AvgIpc) is 2.84. The molecular weight excluding hydrogens is 270 g/mol. The van der Waals surface area contributed by atoms with Gasteiger partial charge in [-0.05, 0) is 17.9 Å². The molecule has 0 N–H and O–H groups in total. The Morgan fingerprint density at radius 1 is 1.29 bits per heavy atom. The van der Waals surface area contributed by atoms with Crippen LogP contribution in [0.25, 0.3) is 0 Å². The molecule has 0 amide bonds. The normalized spacial score (nSPS) is 10.1. The molecule has 17 heavy (non-hydrogen) atoms. The van der Waals surface area contributed by atoms with Crippen LogP contribution in [0.5, 0.6) is 0 Å². The second-order valence-electron chi connectivity index (χ2n) is 3.10. The van der Waals surface area contributed by atoms with Gasteiger partial charge in [-0.25, -0.2) is 0 Å². The zero-order valence-corrected chi connectivity index (χ0v) is 11.5. The molecule has 0 unspecified atom stereocenters. The Labute approximate surface area is 112 Å². The van der Waals surface area contributed by atoms with Gasteiger partial charge in [0.15, 0.2) is 8.68 Å². The fraction of sp³-hybridized carbons (Fsp3) is 0.182. The summed E-state index contributed by atoms with van der Waals surface area (Å²) >= 11 is 4.80. The molecule has 0 saturated carbocycles. The summed E-state index contributed by atoms with van der Waals surface area (Å²) in [5, 5.41) is 17.1. The number of hydrogen-bond acceptors (Lipinski definition) is 6. The minimum absolute atomic E-state index is 0.731. The molecule has 6 heteroatoms. The molecule has 0 spiro atoms. The van der Waals surface area contributed by atoms with Gasteiger partial charge in [0.2, 0.25) is 0 Å². The molecule has 1 heterocycles. The summed E-state index contributed by atoms with van der Waals surface area (Å²) in [6, 6.07) is 9.84. The minimum Gasteiger partial charge on any atom is -0.192 e. The van der Waals surface area contributed by atoms with Gasteiger partial charge < -0.3 is 0 Å². The van der Waals surface area contributed by atoms with E-state index in [4.69, 9.17) is 5.26 Å². The van der Waals surface area contributed by atoms with Crippen LogP contribution in [-0.4, -0.2) is 16.5 Å². The van der Waals surface area contributed by atoms with E-state index in [1.165, 1.54) is 0 Å². The molecule has 0 radical (unpaired) electrons. The van der Waals surface area contributed by atoms with Gasteiger partial charge in [0, 0.05) is 5.75 Å². The van der Waals surface area contributed by atoms with Gasteiger partial charge in [0.05, 0.1) is 11.6 Å². The first kappa shape index (κ1) is 12.4. The molecule has 1 aromatic carbocycles. The number of thioether (sulfide) groups is 2. The maximum atomic E-state index is 8.97. The van der Waals surface area contributed by atoms with Gasteiger partial charge in [-0.15, -0.1) is 10.2 Å². The molecule has 0 bridgehead atoms. The molecule has 3 nitrogen and oxygen atoms in total. The van der Waals surface area contributed by atoms with E-state index in [-0.39, 0.29) is 0 Å². The van der Waals surface area contributed by atoms with Crippen LogP contribution in [0.2, 0.25) is 0 Å². The van der Waals surface area contributed by atoms with Crippen molar-refractivity contribution in [3.8, 4) is 6.07 Å². The Hall–Kier alpha value is -1.03. The Balaban J connectivity index is 2.05. The lowest BCUT2D eigenvalue weighted by molar-refractivity contribution is 0.955. The highest BCUT2D eigenvalue weighted by atomic mass is 32.2. The highest BCUT2D eigenvalue weighted by Gasteiger charge is 2.06. The van der Waals surface area contributed by atoms with Gasteiger partial charge in [0.25, 0.3) is 0 Å². The fourth-order valence-electron chi connectivity index (χ4n) is 1.23. The Kier molecular flexibility index (Phi) is 4.42. The maximum Gasteiger partial charge on any atom is 0.175 e. The zero-order valence-electron chi connectivity index (χ0n) is 9.08. The maximum absolute atomic E-state index is 8.97. The van der Waals surface area contributed by atoms with Crippen molar-refractivity contribution in [1.29, 1.82) is 5.26 Å². The van der Waals surface area contributed by atoms with Crippen LogP contribution in [0.4, 0.5) is 0 Å². The van der Waals surface area contributed by atoms with Gasteiger partial charge >= 0.3 is 0 Å². The lowest BCUT2D eigenvalue weighted by Crippen LogP contribution is -1.86. The fourth-order valence-corrected chi connectivity index (χ4v) is 3.67. The van der Waals surface area contributed by atoms with Crippen molar-refractivity contribution in [2.45, 2.75) is 14.4 Å². The van der Waals surface area contributed by atoms with E-state index in [2.05, 4.69) is 16.3 Å². The van der Waals surface area contributed by atoms with E-state index in [1.54, 1.807) is 34.9 Å². The monoisotopic (exact) mass is 279 g/mol. The van der Waals surface area contributed by atoms with E-state index in [0.29, 0.717) is 0 Å². The largest absolute Gasteiger partial charge is 0.192 e. The van der Waals surface area contributed by atoms with Crippen molar-refractivity contribution < 1.29 is 0 Å². The highest BCUT2D eigenvalue weighted by Crippen LogP contribution is 2.30. The first-order valence-corrected chi connectivity index (χ1v) is 7.84. The van der Waals surface area contributed by atoms with Crippen molar-refractivity contribution in [1.82, 2.24) is 10.2 Å². The molecule has 0 saturated heterocycles. The molecular formula is C11H9N3S3. The summed E-state index contributed by atoms with van der Waals surface area (Å²) in [5.74, 6) is 0.757. The molecule has 1 aromatic heterocycles. The third-order valence-corrected chi connectivity index (χ3v) is 5.13. The third kappa shape index (κ3) is 3.22. The third-order valence-electron chi connectivity index (χ3n) is 2.05. The lowest BCUT2D eigenvalue weighted by atomic mass is 10.1. The van der Waals surface area contributed by atoms with Crippen LogP contribution in [0.1, 0.15) is 11.1 Å². The zero-order chi connectivity index (χ0) is 12.1. The highest BCUT2D eigenvalue weighted by molar-refractivity contribution is 8.02. The molecule has 0 atom stereocenters. The summed E-state index contributed by atoms with van der Waals surface area (Å²) < 4.78 is 1.92. The topological polar surface area (TPSA) is 49.6 Å². The van der Waals surface area contributed by atoms with Crippen LogP contribution >= 0.6 is 34.9 Å². The molecule has 2 rings (SSSR count). The summed E-state index contributed by atoms with van der Waals surface area (Å²) in [4.78, 5) is 0. The number of nitriles is 1. The lowest BCUT2D eigenvalue weighted by Gasteiger charge is -2.00. The molecule has 0 aliphatic heterocycles. The Morgan fingerprint density at radius 3 is 2.76 bits per heavy atom. The number of nitrogens with zero attached hydrogens (tertiary/aromatic N) is 3. The first-order valence-electron chi connectivity index (χ1n) is 4.82. The summed E-state index contributed by atoms with van der Waals surface area (Å²) in [7, 11) is 0. The average molecular weight is 279 g/mol. The van der Waals surface area contributed by atoms with Crippen molar-refractivity contribution in [3.05, 3.63) is 35.4 Å². The van der Waals surface area contributed by atoms with Crippen LogP contribution in [0, 0.1) is 11.3 Å². The quantitative estimate of drug-likeness (QED) is 0.803. The predicted molar refractivity (Wildman–Crippen MR) is 72.4 cm³/mol. The van der Waals surface area contributed by atoms with Crippen LogP contribution < -0.4 is 0 Å². The summed E-state index contributed by atoms with van der Waals surface area (Å²) in [6.07, 6.45) is 1.99. The summed E-state index contributed by atoms with van der Waals surface area (Å²) in [6.45, 7) is 0. The minimum atomic E-state index is 0.731. The number of aromatic nitrogens is 2. The van der Waals surface area contributed by atoms with Crippen molar-refractivity contribution in [2.24, 2.45) is 0 Å². The molecule has 0 fully saturated rings. The van der Waals surface area contributed by atoms with Crippen molar-refractivity contribution in [3.63, 3.8) is 0 Å². The molecule has 0 aliphatic rings. The van der Waals surface area contributed by atoms with E-state index >= 15 is 0 Å². The van der Waals surface area contributed by atoms with E-state index < -0.39 is 0 Å². The van der Waals surface area contributed by atoms with E-state index in [1.807, 2.05) is 30.5 Å². The predicted octanol–water partition coefficient (Wildman–Crippen LogP) is 3.42. The molecule has 2 aromatic rings. The number of rotatable bonds is 4. The van der Waals surface area contributed by atoms with Crippen LogP contribution in [0.3, 0.4) is 0 Å². The van der Waals surface area contributed by atoms with Crippen LogP contribution in [0.15, 0.2) is 32.9 Å². The van der Waals surface area contributed by atoms with Gasteiger partial charge in [-0.3, -0.25) is 0 Å². The van der Waals surface area contributed by atoms with E-state index in [9.17, 15) is 0 Å². The number of benzene rings is 1. The van der Waals surface area contributed by atoms with Gasteiger partial charge in [0.1, 0.15) is 0 Å². The number of hydrogen-bond donors (Lipinski definition) is 0. The Morgan fingerprint density at radius 2 is 2.06 bits per heavy atom. The van der Waals surface area contributed by atoms with Gasteiger partial charge in [-0.2, -0.15) is 5.26 Å². The van der Waals surface area contributed by atoms with Crippen LogP contribution in [-0.2, 0) is 5.75 Å². The second kappa shape index (κ2) is 6.05. The van der Waals surface area contributed by atoms with Gasteiger partial charge in [-0.1, -0.05) is 53.1 Å².